The minimum absolute atomic E-state index is 0.00560. The fourth-order valence-electron chi connectivity index (χ4n) is 2.53. The van der Waals surface area contributed by atoms with Gasteiger partial charge in [0.1, 0.15) is 17.5 Å². The number of amides is 1. The minimum Gasteiger partial charge on any atom is -0.444 e. The van der Waals surface area contributed by atoms with Crippen molar-refractivity contribution in [2.45, 2.75) is 45.3 Å². The van der Waals surface area contributed by atoms with E-state index in [0.717, 1.165) is 0 Å². The zero-order valence-electron chi connectivity index (χ0n) is 13.6. The van der Waals surface area contributed by atoms with Crippen molar-refractivity contribution in [2.75, 3.05) is 18.0 Å². The van der Waals surface area contributed by atoms with Crippen molar-refractivity contribution >= 4 is 17.5 Å². The molecule has 0 aromatic carbocycles. The van der Waals surface area contributed by atoms with Crippen LogP contribution in [-0.2, 0) is 4.74 Å². The Hall–Kier alpha value is -2.38. The molecule has 0 aliphatic carbocycles. The van der Waals surface area contributed by atoms with Gasteiger partial charge in [0, 0.05) is 25.3 Å². The van der Waals surface area contributed by atoms with E-state index in [4.69, 9.17) is 4.74 Å². The van der Waals surface area contributed by atoms with Gasteiger partial charge in [-0.2, -0.15) is 0 Å². The molecule has 23 heavy (non-hydrogen) atoms. The van der Waals surface area contributed by atoms with Crippen molar-refractivity contribution in [2.24, 2.45) is 0 Å². The number of ether oxygens (including phenoxy) is 1. The summed E-state index contributed by atoms with van der Waals surface area (Å²) in [6.45, 7) is 6.71. The molecule has 1 amide bonds. The molecular formula is C15H22N4O4. The van der Waals surface area contributed by atoms with Crippen LogP contribution in [-0.4, -0.2) is 40.7 Å². The first-order chi connectivity index (χ1) is 10.8. The standard InChI is InChI=1S/C15H22N4O4/c1-15(2,3)23-14(20)17-11-5-8-18(9-6-11)12-4-7-16-10-13(12)19(21)22/h4,7,10-11H,5-6,8-9H2,1-3H3,(H,17,20). The van der Waals surface area contributed by atoms with Gasteiger partial charge in [-0.3, -0.25) is 15.1 Å². The van der Waals surface area contributed by atoms with Gasteiger partial charge in [-0.1, -0.05) is 0 Å². The number of carbonyl (C=O) groups excluding carboxylic acids is 1. The average Bonchev–Trinajstić information content (AvgIpc) is 2.46. The Morgan fingerprint density at radius 3 is 2.65 bits per heavy atom. The maximum atomic E-state index is 11.8. The first-order valence-corrected chi connectivity index (χ1v) is 7.59. The number of hydrogen-bond donors (Lipinski definition) is 1. The van der Waals surface area contributed by atoms with Crippen LogP contribution in [0.1, 0.15) is 33.6 Å². The molecule has 1 saturated heterocycles. The third-order valence-electron chi connectivity index (χ3n) is 3.53. The third-order valence-corrected chi connectivity index (χ3v) is 3.53. The second kappa shape index (κ2) is 6.80. The Labute approximate surface area is 135 Å². The molecule has 1 fully saturated rings. The summed E-state index contributed by atoms with van der Waals surface area (Å²) in [6.07, 6.45) is 3.80. The first-order valence-electron chi connectivity index (χ1n) is 7.59. The molecule has 2 rings (SSSR count). The van der Waals surface area contributed by atoms with Crippen molar-refractivity contribution in [3.63, 3.8) is 0 Å². The van der Waals surface area contributed by atoms with Crippen LogP contribution in [0.15, 0.2) is 18.5 Å². The zero-order chi connectivity index (χ0) is 17.0. The van der Waals surface area contributed by atoms with Crippen LogP contribution in [0.5, 0.6) is 0 Å². The van der Waals surface area contributed by atoms with E-state index in [1.54, 1.807) is 12.3 Å². The average molecular weight is 322 g/mol. The lowest BCUT2D eigenvalue weighted by Crippen LogP contribution is -2.46. The summed E-state index contributed by atoms with van der Waals surface area (Å²) < 4.78 is 5.24. The summed E-state index contributed by atoms with van der Waals surface area (Å²) in [5.41, 5.74) is 0.0504. The lowest BCUT2D eigenvalue weighted by molar-refractivity contribution is -0.384. The maximum Gasteiger partial charge on any atom is 0.407 e. The SMILES string of the molecule is CC(C)(C)OC(=O)NC1CCN(c2ccncc2[N+](=O)[O-])CC1. The van der Waals surface area contributed by atoms with E-state index in [-0.39, 0.29) is 11.7 Å². The van der Waals surface area contributed by atoms with Crippen molar-refractivity contribution in [3.8, 4) is 0 Å². The van der Waals surface area contributed by atoms with Gasteiger partial charge in [0.25, 0.3) is 0 Å². The van der Waals surface area contributed by atoms with Crippen LogP contribution in [0.25, 0.3) is 0 Å². The molecule has 1 N–H and O–H groups in total. The molecule has 0 saturated carbocycles. The van der Waals surface area contributed by atoms with Gasteiger partial charge >= 0.3 is 11.8 Å². The van der Waals surface area contributed by atoms with Gasteiger partial charge in [-0.25, -0.2) is 4.79 Å². The molecule has 2 heterocycles. The number of carbonyl (C=O) groups is 1. The van der Waals surface area contributed by atoms with Crippen molar-refractivity contribution in [1.29, 1.82) is 0 Å². The molecule has 126 valence electrons. The minimum atomic E-state index is -0.525. The number of nitrogens with zero attached hydrogens (tertiary/aromatic N) is 3. The molecule has 0 spiro atoms. The number of anilines is 1. The lowest BCUT2D eigenvalue weighted by Gasteiger charge is -2.33. The summed E-state index contributed by atoms with van der Waals surface area (Å²) in [5.74, 6) is 0. The van der Waals surface area contributed by atoms with E-state index in [0.29, 0.717) is 31.6 Å². The molecule has 1 aliphatic heterocycles. The van der Waals surface area contributed by atoms with Crippen LogP contribution >= 0.6 is 0 Å². The number of rotatable bonds is 3. The predicted molar refractivity (Wildman–Crippen MR) is 85.5 cm³/mol. The van der Waals surface area contributed by atoms with E-state index < -0.39 is 16.6 Å². The van der Waals surface area contributed by atoms with Gasteiger partial charge in [0.05, 0.1) is 4.92 Å². The number of piperidine rings is 1. The van der Waals surface area contributed by atoms with Crippen molar-refractivity contribution in [3.05, 3.63) is 28.6 Å². The predicted octanol–water partition coefficient (Wildman–Crippen LogP) is 2.48. The summed E-state index contributed by atoms with van der Waals surface area (Å²) in [4.78, 5) is 28.2. The topological polar surface area (TPSA) is 97.6 Å². The van der Waals surface area contributed by atoms with Crippen LogP contribution in [0.2, 0.25) is 0 Å². The smallest absolute Gasteiger partial charge is 0.407 e. The molecular weight excluding hydrogens is 300 g/mol. The van der Waals surface area contributed by atoms with Gasteiger partial charge in [-0.05, 0) is 39.7 Å². The number of aromatic nitrogens is 1. The van der Waals surface area contributed by atoms with Crippen LogP contribution in [0, 0.1) is 10.1 Å². The Bertz CT molecular complexity index is 577. The first kappa shape index (κ1) is 17.0. The molecule has 1 aromatic rings. The highest BCUT2D eigenvalue weighted by atomic mass is 16.6. The molecule has 0 unspecified atom stereocenters. The van der Waals surface area contributed by atoms with Gasteiger partial charge in [0.15, 0.2) is 0 Å². The van der Waals surface area contributed by atoms with E-state index in [1.807, 2.05) is 25.7 Å². The number of nitro groups is 1. The lowest BCUT2D eigenvalue weighted by atomic mass is 10.0. The Morgan fingerprint density at radius 1 is 1.43 bits per heavy atom. The van der Waals surface area contributed by atoms with E-state index in [1.165, 1.54) is 6.20 Å². The molecule has 1 aromatic heterocycles. The number of alkyl carbamates (subject to hydrolysis) is 1. The summed E-state index contributed by atoms with van der Waals surface area (Å²) in [7, 11) is 0. The zero-order valence-corrected chi connectivity index (χ0v) is 13.6. The largest absolute Gasteiger partial charge is 0.444 e. The highest BCUT2D eigenvalue weighted by Crippen LogP contribution is 2.29. The maximum absolute atomic E-state index is 11.8. The molecule has 0 atom stereocenters. The normalized spacial score (nSPS) is 16.0. The molecule has 8 nitrogen and oxygen atoms in total. The summed E-state index contributed by atoms with van der Waals surface area (Å²) >= 11 is 0. The van der Waals surface area contributed by atoms with E-state index >= 15 is 0 Å². The summed E-state index contributed by atoms with van der Waals surface area (Å²) in [5, 5.41) is 13.9. The Balaban J connectivity index is 1.92. The number of nitrogens with one attached hydrogen (secondary N) is 1. The monoisotopic (exact) mass is 322 g/mol. The molecule has 8 heteroatoms. The van der Waals surface area contributed by atoms with E-state index in [9.17, 15) is 14.9 Å². The Kier molecular flexibility index (Phi) is 5.02. The quantitative estimate of drug-likeness (QED) is 0.678. The molecule has 1 aliphatic rings. The highest BCUT2D eigenvalue weighted by Gasteiger charge is 2.26. The Morgan fingerprint density at radius 2 is 2.09 bits per heavy atom. The number of pyridine rings is 1. The van der Waals surface area contributed by atoms with Gasteiger partial charge < -0.3 is 15.0 Å². The highest BCUT2D eigenvalue weighted by molar-refractivity contribution is 5.68. The summed E-state index contributed by atoms with van der Waals surface area (Å²) in [6, 6.07) is 1.67. The van der Waals surface area contributed by atoms with Crippen LogP contribution in [0.4, 0.5) is 16.2 Å². The number of hydrogen-bond acceptors (Lipinski definition) is 6. The van der Waals surface area contributed by atoms with Crippen LogP contribution < -0.4 is 10.2 Å². The fraction of sp³-hybridized carbons (Fsp3) is 0.600. The van der Waals surface area contributed by atoms with Crippen molar-refractivity contribution < 1.29 is 14.5 Å². The fourth-order valence-corrected chi connectivity index (χ4v) is 2.53. The van der Waals surface area contributed by atoms with Gasteiger partial charge in [0.2, 0.25) is 0 Å². The third kappa shape index (κ3) is 4.80. The molecule has 0 bridgehead atoms. The molecule has 0 radical (unpaired) electrons. The van der Waals surface area contributed by atoms with Crippen molar-refractivity contribution in [1.82, 2.24) is 10.3 Å². The van der Waals surface area contributed by atoms with Crippen LogP contribution in [0.3, 0.4) is 0 Å². The van der Waals surface area contributed by atoms with Gasteiger partial charge in [-0.15, -0.1) is 0 Å². The second-order valence-electron chi connectivity index (χ2n) is 6.53. The van der Waals surface area contributed by atoms with E-state index in [2.05, 4.69) is 10.3 Å². The second-order valence-corrected chi connectivity index (χ2v) is 6.53.